The van der Waals surface area contributed by atoms with Gasteiger partial charge in [-0.1, -0.05) is 12.0 Å². The second kappa shape index (κ2) is 13.2. The maximum absolute atomic E-state index is 13.9. The zero-order chi connectivity index (χ0) is 29.4. The quantitative estimate of drug-likeness (QED) is 0.281. The first-order valence-corrected chi connectivity index (χ1v) is 12.7. The van der Waals surface area contributed by atoms with Gasteiger partial charge in [0, 0.05) is 50.2 Å². The van der Waals surface area contributed by atoms with E-state index in [-0.39, 0.29) is 18.5 Å². The molecule has 5 rings (SSSR count). The van der Waals surface area contributed by atoms with Crippen LogP contribution in [-0.4, -0.2) is 70.9 Å². The maximum atomic E-state index is 13.9. The number of pyridine rings is 2. The van der Waals surface area contributed by atoms with Crippen molar-refractivity contribution in [3.05, 3.63) is 83.4 Å². The molecule has 0 spiro atoms. The van der Waals surface area contributed by atoms with Crippen LogP contribution in [-0.2, 0) is 17.5 Å². The molecule has 1 amide bonds. The Bertz CT molecular complexity index is 1550. The zero-order valence-electron chi connectivity index (χ0n) is 22.7. The molecule has 0 aliphatic carbocycles. The van der Waals surface area contributed by atoms with Gasteiger partial charge in [-0.15, -0.1) is 0 Å². The molecule has 214 valence electrons. The normalized spacial score (nSPS) is 14.0. The van der Waals surface area contributed by atoms with Crippen molar-refractivity contribution in [1.29, 1.82) is 0 Å². The van der Waals surface area contributed by atoms with E-state index in [9.17, 15) is 13.2 Å². The fourth-order valence-corrected chi connectivity index (χ4v) is 4.34. The number of nitrogens with two attached hydrogens (primary N) is 1. The van der Waals surface area contributed by atoms with Crippen LogP contribution >= 0.6 is 0 Å². The summed E-state index contributed by atoms with van der Waals surface area (Å²) in [6.07, 6.45) is 0.829. The number of amides is 1. The number of nitrogens with zero attached hydrogens (tertiary/aromatic N) is 5. The Kier molecular flexibility index (Phi) is 9.44. The van der Waals surface area contributed by atoms with Crippen molar-refractivity contribution < 1.29 is 22.7 Å². The van der Waals surface area contributed by atoms with E-state index in [4.69, 9.17) is 9.53 Å². The van der Waals surface area contributed by atoms with E-state index in [1.165, 1.54) is 0 Å². The number of carbonyl (C=O) groups is 1. The number of primary amides is 1. The van der Waals surface area contributed by atoms with E-state index in [2.05, 4.69) is 42.7 Å². The van der Waals surface area contributed by atoms with Crippen molar-refractivity contribution in [2.75, 3.05) is 45.7 Å². The van der Waals surface area contributed by atoms with E-state index < -0.39 is 11.7 Å². The van der Waals surface area contributed by atoms with E-state index in [1.54, 1.807) is 50.0 Å². The second-order valence-corrected chi connectivity index (χ2v) is 9.33. The third-order valence-electron chi connectivity index (χ3n) is 6.49. The highest BCUT2D eigenvalue weighted by Gasteiger charge is 2.34. The Morgan fingerprint density at radius 3 is 2.54 bits per heavy atom. The van der Waals surface area contributed by atoms with Gasteiger partial charge in [-0.2, -0.15) is 13.2 Å². The van der Waals surface area contributed by atoms with Crippen LogP contribution in [0, 0.1) is 11.8 Å². The summed E-state index contributed by atoms with van der Waals surface area (Å²) in [5.41, 5.74) is 6.18. The molecule has 0 radical (unpaired) electrons. The van der Waals surface area contributed by atoms with Gasteiger partial charge in [0.1, 0.15) is 22.9 Å². The highest BCUT2D eigenvalue weighted by molar-refractivity contribution is 5.60. The number of nitrogens with one attached hydrogen (secondary N) is 1. The Balaban J connectivity index is 0.00000124. The van der Waals surface area contributed by atoms with Crippen molar-refractivity contribution in [2.24, 2.45) is 5.73 Å². The number of likely N-dealkylation sites (N-methyl/N-ethyl adjacent to an activating group) is 1. The van der Waals surface area contributed by atoms with Gasteiger partial charge in [-0.25, -0.2) is 9.97 Å². The number of anilines is 2. The molecule has 1 saturated heterocycles. The van der Waals surface area contributed by atoms with Gasteiger partial charge in [-0.3, -0.25) is 14.1 Å². The number of hydrogen-bond donors (Lipinski definition) is 2. The maximum Gasteiger partial charge on any atom is 0.416 e. The van der Waals surface area contributed by atoms with Crippen molar-refractivity contribution in [2.45, 2.75) is 12.7 Å². The number of hydrogen-bond acceptors (Lipinski definition) is 7. The minimum Gasteiger partial charge on any atom is -0.495 e. The fraction of sp³-hybridized carbons (Fsp3) is 0.276. The molecule has 3 aromatic heterocycles. The van der Waals surface area contributed by atoms with Crippen molar-refractivity contribution >= 4 is 23.6 Å². The number of methoxy groups -OCH3 is 1. The van der Waals surface area contributed by atoms with E-state index in [0.717, 1.165) is 37.9 Å². The lowest BCUT2D eigenvalue weighted by Crippen LogP contribution is -2.44. The van der Waals surface area contributed by atoms with Gasteiger partial charge in [0.15, 0.2) is 0 Å². The van der Waals surface area contributed by atoms with Crippen molar-refractivity contribution in [3.63, 3.8) is 0 Å². The van der Waals surface area contributed by atoms with Gasteiger partial charge in [0.25, 0.3) is 0 Å². The van der Waals surface area contributed by atoms with Gasteiger partial charge in [0.05, 0.1) is 25.1 Å². The van der Waals surface area contributed by atoms with Crippen LogP contribution in [0.4, 0.5) is 24.7 Å². The smallest absolute Gasteiger partial charge is 0.416 e. The first-order chi connectivity index (χ1) is 19.7. The lowest BCUT2D eigenvalue weighted by atomic mass is 10.0. The highest BCUT2D eigenvalue weighted by atomic mass is 19.4. The SMILES string of the molecule is COc1ccc2ncc(C#Cc3ccnc(Nc4ccc(CN5CCN(C)CC5)c(C(F)(F)F)c4)c3)n2c1.NC=O. The number of ether oxygens (including phenoxy) is 1. The largest absolute Gasteiger partial charge is 0.495 e. The first-order valence-electron chi connectivity index (χ1n) is 12.7. The highest BCUT2D eigenvalue weighted by Crippen LogP contribution is 2.35. The summed E-state index contributed by atoms with van der Waals surface area (Å²) in [6.45, 7) is 3.44. The van der Waals surface area contributed by atoms with Crippen LogP contribution in [0.1, 0.15) is 22.4 Å². The summed E-state index contributed by atoms with van der Waals surface area (Å²) in [5.74, 6) is 7.24. The molecule has 4 heterocycles. The number of carbonyl (C=O) groups excluding carboxylic acids is 1. The lowest BCUT2D eigenvalue weighted by molar-refractivity contribution is -0.138. The zero-order valence-corrected chi connectivity index (χ0v) is 22.7. The Morgan fingerprint density at radius 1 is 1.07 bits per heavy atom. The Morgan fingerprint density at radius 2 is 1.83 bits per heavy atom. The molecule has 1 aliphatic rings. The molecule has 4 aromatic rings. The van der Waals surface area contributed by atoms with Crippen LogP contribution in [0.3, 0.4) is 0 Å². The standard InChI is InChI=1S/C28H27F3N6O.CH3NO/c1-35-11-13-36(14-12-35)18-21-4-5-22(16-25(21)28(29,30)31)34-26-15-20(9-10-32-26)3-6-23-17-33-27-8-7-24(38-2)19-37(23)27;2-1-3/h4-5,7-10,15-17,19H,11-14,18H2,1-2H3,(H,32,34);1H,(H2,2,3). The van der Waals surface area contributed by atoms with Crippen LogP contribution in [0.5, 0.6) is 5.75 Å². The van der Waals surface area contributed by atoms with E-state index >= 15 is 0 Å². The van der Waals surface area contributed by atoms with Crippen LogP contribution in [0.25, 0.3) is 5.65 Å². The molecule has 41 heavy (non-hydrogen) atoms. The summed E-state index contributed by atoms with van der Waals surface area (Å²) in [5, 5.41) is 3.00. The number of imidazole rings is 1. The molecule has 0 unspecified atom stereocenters. The fourth-order valence-electron chi connectivity index (χ4n) is 4.34. The molecule has 1 aromatic carbocycles. The summed E-state index contributed by atoms with van der Waals surface area (Å²) < 4.78 is 48.9. The minimum atomic E-state index is -4.46. The molecule has 0 saturated carbocycles. The van der Waals surface area contributed by atoms with Gasteiger partial charge >= 0.3 is 6.18 Å². The number of piperazine rings is 1. The van der Waals surface area contributed by atoms with Crippen molar-refractivity contribution in [3.8, 4) is 17.6 Å². The van der Waals surface area contributed by atoms with Gasteiger partial charge in [0.2, 0.25) is 6.41 Å². The molecule has 0 bridgehead atoms. The number of benzene rings is 1. The molecular weight excluding hydrogens is 535 g/mol. The summed E-state index contributed by atoms with van der Waals surface area (Å²) in [4.78, 5) is 21.4. The number of rotatable bonds is 5. The lowest BCUT2D eigenvalue weighted by Gasteiger charge is -2.33. The van der Waals surface area contributed by atoms with Crippen molar-refractivity contribution in [1.82, 2.24) is 24.2 Å². The predicted octanol–water partition coefficient (Wildman–Crippen LogP) is 3.75. The average Bonchev–Trinajstić information content (AvgIpc) is 3.36. The van der Waals surface area contributed by atoms with E-state index in [0.29, 0.717) is 28.5 Å². The Labute approximate surface area is 235 Å². The number of alkyl halides is 3. The average molecular weight is 566 g/mol. The third kappa shape index (κ3) is 7.75. The van der Waals surface area contributed by atoms with Crippen LogP contribution < -0.4 is 15.8 Å². The number of fused-ring (bicyclic) bond motifs is 1. The topological polar surface area (TPSA) is 101 Å². The predicted molar refractivity (Wildman–Crippen MR) is 150 cm³/mol. The molecule has 1 aliphatic heterocycles. The second-order valence-electron chi connectivity index (χ2n) is 9.33. The molecule has 12 heteroatoms. The van der Waals surface area contributed by atoms with Crippen LogP contribution in [0.15, 0.2) is 61.1 Å². The number of aromatic nitrogens is 3. The minimum absolute atomic E-state index is 0.250. The van der Waals surface area contributed by atoms with E-state index in [1.807, 2.05) is 23.6 Å². The monoisotopic (exact) mass is 565 g/mol. The molecular formula is C29H30F3N7O2. The van der Waals surface area contributed by atoms with Gasteiger partial charge < -0.3 is 20.7 Å². The summed E-state index contributed by atoms with van der Waals surface area (Å²) in [6, 6.07) is 11.5. The number of halogens is 3. The Hall–Kier alpha value is -4.60. The molecule has 1 fully saturated rings. The summed E-state index contributed by atoms with van der Waals surface area (Å²) in [7, 11) is 3.61. The van der Waals surface area contributed by atoms with Crippen LogP contribution in [0.2, 0.25) is 0 Å². The van der Waals surface area contributed by atoms with Gasteiger partial charge in [-0.05, 0) is 54.9 Å². The molecule has 3 N–H and O–H groups in total. The molecule has 9 nitrogen and oxygen atoms in total. The summed E-state index contributed by atoms with van der Waals surface area (Å²) >= 11 is 0. The molecule has 0 atom stereocenters. The first kappa shape index (κ1) is 29.4. The third-order valence-corrected chi connectivity index (χ3v) is 6.49.